The Morgan fingerprint density at radius 2 is 1.54 bits per heavy atom. The third-order valence-electron chi connectivity index (χ3n) is 11.9. The molecule has 0 aliphatic carbocycles. The maximum Gasteiger partial charge on any atom is 0.386 e. The first-order valence-electron chi connectivity index (χ1n) is 18.8. The van der Waals surface area contributed by atoms with Crippen molar-refractivity contribution in [2.45, 2.75) is 127 Å². The van der Waals surface area contributed by atoms with Gasteiger partial charge in [-0.05, 0) is 48.1 Å². The highest BCUT2D eigenvalue weighted by atomic mass is 32.7. The van der Waals surface area contributed by atoms with E-state index < -0.39 is 104 Å². The summed E-state index contributed by atoms with van der Waals surface area (Å²) in [5.74, 6) is -0.736. The smallest absolute Gasteiger partial charge is 0.386 e. The molecule has 4 aromatic heterocycles. The second kappa shape index (κ2) is 15.7. The van der Waals surface area contributed by atoms with Gasteiger partial charge in [-0.2, -0.15) is 0 Å². The Kier molecular flexibility index (Phi) is 12.0. The van der Waals surface area contributed by atoms with Crippen LogP contribution in [0, 0.1) is 5.82 Å². The van der Waals surface area contributed by atoms with Crippen LogP contribution in [0.15, 0.2) is 30.0 Å². The maximum absolute atomic E-state index is 15.4. The second-order valence-corrected chi connectivity index (χ2v) is 33.1. The highest BCUT2D eigenvalue weighted by molar-refractivity contribution is 8.44. The van der Waals surface area contributed by atoms with Crippen molar-refractivity contribution in [1.82, 2.24) is 34.1 Å². The van der Waals surface area contributed by atoms with Gasteiger partial charge in [-0.1, -0.05) is 53.8 Å². The van der Waals surface area contributed by atoms with Gasteiger partial charge in [0.05, 0.1) is 25.9 Å². The molecule has 326 valence electrons. The fraction of sp³-hybridized carbons (Fsp3) is 0.667. The summed E-state index contributed by atoms with van der Waals surface area (Å²) < 4.78 is 84.6. The zero-order valence-corrected chi connectivity index (χ0v) is 39.8. The van der Waals surface area contributed by atoms with Gasteiger partial charge in [-0.25, -0.2) is 28.9 Å². The SMILES string of the molecule is CC(C)(C)[Si](C)(C)O[C@@H]1[C@@H]2OP(=O)(S)OC[C@H]3O[C@@H](n4cc(F)c5c(=O)[nH]cnc54)[C@H](OP(O)(=S)OC[C@H]2O[C@H]1n1cnc2c(N)ncnc21)[C@@H]3O[Si](C)(C)C(C)(C)C. The lowest BCUT2D eigenvalue weighted by Crippen LogP contribution is -2.50. The molecule has 3 aliphatic heterocycles. The molecule has 7 heterocycles. The molecule has 0 aromatic carbocycles. The lowest BCUT2D eigenvalue weighted by molar-refractivity contribution is -0.0591. The number of halogens is 1. The van der Waals surface area contributed by atoms with Crippen molar-refractivity contribution in [2.75, 3.05) is 18.9 Å². The van der Waals surface area contributed by atoms with E-state index in [-0.39, 0.29) is 26.9 Å². The molecule has 26 heteroatoms. The van der Waals surface area contributed by atoms with Gasteiger partial charge in [0.1, 0.15) is 53.9 Å². The number of nitrogens with two attached hydrogens (primary N) is 1. The average Bonchev–Trinajstić information content (AvgIpc) is 3.85. The number of anilines is 1. The van der Waals surface area contributed by atoms with E-state index in [1.165, 1.54) is 17.2 Å². The first kappa shape index (κ1) is 45.0. The van der Waals surface area contributed by atoms with Crippen LogP contribution in [-0.2, 0) is 52.8 Å². The lowest BCUT2D eigenvalue weighted by atomic mass is 10.1. The van der Waals surface area contributed by atoms with Crippen LogP contribution in [0.25, 0.3) is 22.2 Å². The monoisotopic (exact) mass is 936 g/mol. The number of hydrogen-bond donors (Lipinski definition) is 4. The minimum Gasteiger partial charge on any atom is -0.408 e. The van der Waals surface area contributed by atoms with E-state index in [2.05, 4.69) is 57.9 Å². The lowest BCUT2D eigenvalue weighted by Gasteiger charge is -2.41. The Labute approximate surface area is 352 Å². The number of aromatic nitrogens is 7. The minimum atomic E-state index is -4.38. The summed E-state index contributed by atoms with van der Waals surface area (Å²) in [7, 11) is -5.39. The highest BCUT2D eigenvalue weighted by Gasteiger charge is 2.57. The number of hydrogen-bond acceptors (Lipinski definition) is 16. The normalized spacial score (nSPS) is 32.8. The van der Waals surface area contributed by atoms with Gasteiger partial charge < -0.3 is 43.0 Å². The molecule has 10 atom stereocenters. The summed E-state index contributed by atoms with van der Waals surface area (Å²) in [6, 6.07) is 0. The van der Waals surface area contributed by atoms with Crippen LogP contribution in [0.3, 0.4) is 0 Å². The van der Waals surface area contributed by atoms with Crippen molar-refractivity contribution in [3.8, 4) is 0 Å². The van der Waals surface area contributed by atoms with E-state index in [0.29, 0.717) is 11.2 Å². The quantitative estimate of drug-likeness (QED) is 0.0997. The number of nitrogen functional groups attached to an aromatic ring is 1. The van der Waals surface area contributed by atoms with Crippen LogP contribution < -0.4 is 11.3 Å². The van der Waals surface area contributed by atoms with Gasteiger partial charge in [0.25, 0.3) is 5.56 Å². The van der Waals surface area contributed by atoms with Crippen molar-refractivity contribution < 1.29 is 50.3 Å². The zero-order chi connectivity index (χ0) is 43.2. The fourth-order valence-electron chi connectivity index (χ4n) is 6.68. The summed E-state index contributed by atoms with van der Waals surface area (Å²) in [5.41, 5.74) is 5.99. The average molecular weight is 937 g/mol. The third-order valence-corrected chi connectivity index (χ3v) is 24.0. The molecule has 4 N–H and O–H groups in total. The Hall–Kier alpha value is -2.00. The standard InChI is InChI=1S/C33H51FN8O11P2S2Si2/c1-32(2,3)58(7,8)52-23-19-13-47-54(44,56)50-22-18(12-46-55(45,57)51-24(23)30(49-19)41-11-17(34)20-27(41)37-15-39-29(20)43)48-31(25(22)53-59(9,10)33(4,5)6)42-16-40-21-26(35)36-14-38-28(21)42/h11,14-16,18-19,22-25,30-31H,12-13H2,1-10H3,(H,44,56)(H,45,57)(H2,35,36,38)(H,37,39,43)/t18-,19-,22-,23-,24-,25-,30-,31-,54?,55?/m1/s1. The van der Waals surface area contributed by atoms with E-state index in [1.54, 1.807) is 4.57 Å². The van der Waals surface area contributed by atoms with Crippen LogP contribution in [0.4, 0.5) is 10.2 Å². The van der Waals surface area contributed by atoms with E-state index in [1.807, 2.05) is 47.0 Å². The zero-order valence-electron chi connectivity index (χ0n) is 34.3. The summed E-state index contributed by atoms with van der Waals surface area (Å²) in [4.78, 5) is 44.1. The molecular formula is C33H51FN8O11P2S2Si2. The molecule has 3 fully saturated rings. The molecular weight excluding hydrogens is 886 g/mol. The molecule has 2 unspecified atom stereocenters. The summed E-state index contributed by atoms with van der Waals surface area (Å²) in [6.07, 6.45) is -4.21. The minimum absolute atomic E-state index is 0.0750. The van der Waals surface area contributed by atoms with E-state index in [0.717, 1.165) is 12.5 Å². The number of H-pyrrole nitrogens is 1. The summed E-state index contributed by atoms with van der Waals surface area (Å²) >= 11 is 10.1. The van der Waals surface area contributed by atoms with Gasteiger partial charge in [0.15, 0.2) is 52.0 Å². The summed E-state index contributed by atoms with van der Waals surface area (Å²) in [5, 5.41) is -0.970. The van der Waals surface area contributed by atoms with Gasteiger partial charge in [0, 0.05) is 6.20 Å². The van der Waals surface area contributed by atoms with Crippen LogP contribution in [0.2, 0.25) is 36.3 Å². The molecule has 0 saturated carbocycles. The molecule has 19 nitrogen and oxygen atoms in total. The molecule has 2 bridgehead atoms. The van der Waals surface area contributed by atoms with Crippen LogP contribution in [-0.4, -0.2) is 105 Å². The topological polar surface area (TPSA) is 231 Å². The molecule has 4 aromatic rings. The van der Waals surface area contributed by atoms with Crippen LogP contribution in [0.1, 0.15) is 54.0 Å². The number of imidazole rings is 1. The molecule has 59 heavy (non-hydrogen) atoms. The van der Waals surface area contributed by atoms with Gasteiger partial charge >= 0.3 is 13.5 Å². The van der Waals surface area contributed by atoms with E-state index >= 15 is 4.39 Å². The van der Waals surface area contributed by atoms with Gasteiger partial charge in [-0.3, -0.25) is 22.9 Å². The molecule has 3 aliphatic rings. The van der Waals surface area contributed by atoms with Gasteiger partial charge in [-0.15, -0.1) is 0 Å². The van der Waals surface area contributed by atoms with Gasteiger partial charge in [0.2, 0.25) is 0 Å². The number of aromatic amines is 1. The first-order valence-corrected chi connectivity index (χ1v) is 30.0. The Balaban J connectivity index is 1.31. The molecule has 0 radical (unpaired) electrons. The van der Waals surface area contributed by atoms with Crippen LogP contribution in [0.5, 0.6) is 0 Å². The Bertz CT molecular complexity index is 2390. The van der Waals surface area contributed by atoms with Crippen LogP contribution >= 0.6 is 25.8 Å². The van der Waals surface area contributed by atoms with Crippen molar-refractivity contribution in [3.05, 3.63) is 41.3 Å². The van der Waals surface area contributed by atoms with Crippen molar-refractivity contribution in [3.63, 3.8) is 0 Å². The van der Waals surface area contributed by atoms with E-state index in [4.69, 9.17) is 54.0 Å². The Morgan fingerprint density at radius 1 is 0.915 bits per heavy atom. The van der Waals surface area contributed by atoms with Crippen molar-refractivity contribution in [1.29, 1.82) is 0 Å². The predicted molar refractivity (Wildman–Crippen MR) is 227 cm³/mol. The third kappa shape index (κ3) is 8.70. The predicted octanol–water partition coefficient (Wildman–Crippen LogP) is 5.93. The fourth-order valence-corrected chi connectivity index (χ4v) is 12.2. The Morgan fingerprint density at radius 3 is 2.20 bits per heavy atom. The van der Waals surface area contributed by atoms with Crippen molar-refractivity contribution >= 4 is 82.2 Å². The second-order valence-electron chi connectivity index (χ2n) is 17.9. The van der Waals surface area contributed by atoms with Crippen molar-refractivity contribution in [2.24, 2.45) is 0 Å². The molecule has 3 saturated heterocycles. The maximum atomic E-state index is 15.4. The number of nitrogens with one attached hydrogen (secondary N) is 1. The summed E-state index contributed by atoms with van der Waals surface area (Å²) in [6.45, 7) is 10.7. The molecule has 7 rings (SSSR count). The molecule has 0 amide bonds. The highest BCUT2D eigenvalue weighted by Crippen LogP contribution is 2.59. The number of ether oxygens (including phenoxy) is 2. The number of thiol groups is 1. The first-order chi connectivity index (χ1) is 27.2. The van der Waals surface area contributed by atoms with E-state index in [9.17, 15) is 14.3 Å². The number of rotatable bonds is 6. The largest absolute Gasteiger partial charge is 0.408 e. The number of fused-ring (bicyclic) bond motifs is 5. The molecule has 0 spiro atoms. The number of nitrogens with zero attached hydrogens (tertiary/aromatic N) is 6.